The van der Waals surface area contributed by atoms with Gasteiger partial charge in [0.25, 0.3) is 11.8 Å². The number of carbonyl (C=O) groups excluding carboxylic acids is 2. The van der Waals surface area contributed by atoms with Gasteiger partial charge >= 0.3 is 11.9 Å². The third-order valence-electron chi connectivity index (χ3n) is 5.20. The molecule has 4 rings (SSSR count). The molecular weight excluding hydrogens is 562 g/mol. The summed E-state index contributed by atoms with van der Waals surface area (Å²) in [7, 11) is 0. The van der Waals surface area contributed by atoms with Gasteiger partial charge in [0, 0.05) is 16.9 Å². The van der Waals surface area contributed by atoms with Crippen molar-refractivity contribution in [2.75, 3.05) is 30.4 Å². The van der Waals surface area contributed by atoms with Crippen LogP contribution in [0.4, 0.5) is 5.13 Å². The van der Waals surface area contributed by atoms with Gasteiger partial charge in [-0.2, -0.15) is 0 Å². The van der Waals surface area contributed by atoms with Crippen LogP contribution in [0.2, 0.25) is 0 Å². The van der Waals surface area contributed by atoms with Gasteiger partial charge in [0.05, 0.1) is 6.54 Å². The maximum absolute atomic E-state index is 13.0. The number of nitrogens with zero attached hydrogens (tertiary/aromatic N) is 5. The minimum atomic E-state index is -1.31. The average Bonchev–Trinajstić information content (AvgIpc) is 3.30. The molecule has 2 atom stereocenters. The molecule has 1 unspecified atom stereocenters. The van der Waals surface area contributed by atoms with E-state index in [4.69, 9.17) is 27.3 Å². The van der Waals surface area contributed by atoms with Crippen LogP contribution in [0.3, 0.4) is 0 Å². The molecule has 3 aliphatic heterocycles. The number of aliphatic carboxylic acids is 2. The maximum atomic E-state index is 13.0. The Hall–Kier alpha value is -3.81. The summed E-state index contributed by atoms with van der Waals surface area (Å²) in [5.74, 6) is 2.55. The zero-order valence-corrected chi connectivity index (χ0v) is 21.7. The molecule has 0 aliphatic carbocycles. The summed E-state index contributed by atoms with van der Waals surface area (Å²) in [5.41, 5.74) is 11.3. The van der Waals surface area contributed by atoms with E-state index in [9.17, 15) is 24.3 Å². The number of β-lactam (4-membered cyclic amide) rings is 1. The number of amidine groups is 1. The normalized spacial score (nSPS) is 21.3. The summed E-state index contributed by atoms with van der Waals surface area (Å²) >= 11 is 3.48. The van der Waals surface area contributed by atoms with Gasteiger partial charge < -0.3 is 31.8 Å². The smallest absolute Gasteiger partial charge is 0.352 e. The lowest BCUT2D eigenvalue weighted by atomic mass is 10.0. The number of nitrogen functional groups attached to an aromatic ring is 1. The van der Waals surface area contributed by atoms with E-state index < -0.39 is 41.8 Å². The van der Waals surface area contributed by atoms with E-state index in [1.807, 2.05) is 0 Å². The van der Waals surface area contributed by atoms with E-state index in [1.165, 1.54) is 33.9 Å². The molecule has 38 heavy (non-hydrogen) atoms. The number of thioether (sulfide) groups is 2. The largest absolute Gasteiger partial charge is 0.479 e. The fourth-order valence-electron chi connectivity index (χ4n) is 3.51. The fourth-order valence-corrected chi connectivity index (χ4v) is 6.49. The van der Waals surface area contributed by atoms with Gasteiger partial charge in [-0.25, -0.2) is 25.4 Å². The van der Waals surface area contributed by atoms with E-state index >= 15 is 0 Å². The van der Waals surface area contributed by atoms with E-state index in [2.05, 4.69) is 20.4 Å². The molecular formula is C19H21N9O7S3. The summed E-state index contributed by atoms with van der Waals surface area (Å²) in [5, 5.41) is 27.3. The molecule has 19 heteroatoms. The topological polar surface area (TPSA) is 252 Å². The van der Waals surface area contributed by atoms with Crippen LogP contribution < -0.4 is 22.6 Å². The highest BCUT2D eigenvalue weighted by atomic mass is 32.2. The Morgan fingerprint density at radius 1 is 1.32 bits per heavy atom. The Labute approximate surface area is 226 Å². The van der Waals surface area contributed by atoms with E-state index in [0.29, 0.717) is 23.1 Å². The number of hydrogen-bond acceptors (Lipinski definition) is 15. The summed E-state index contributed by atoms with van der Waals surface area (Å²) in [4.78, 5) is 62.7. The molecule has 2 amide bonds. The Kier molecular flexibility index (Phi) is 8.09. The Morgan fingerprint density at radius 2 is 2.08 bits per heavy atom. The van der Waals surface area contributed by atoms with Gasteiger partial charge in [-0.15, -0.1) is 23.1 Å². The van der Waals surface area contributed by atoms with Gasteiger partial charge in [-0.1, -0.05) is 16.9 Å². The highest BCUT2D eigenvalue weighted by Gasteiger charge is 2.54. The molecule has 0 bridgehead atoms. The first kappa shape index (κ1) is 27.2. The number of carbonyl (C=O) groups is 4. The molecule has 16 nitrogen and oxygen atoms in total. The van der Waals surface area contributed by atoms with Crippen molar-refractivity contribution in [2.24, 2.45) is 21.7 Å². The monoisotopic (exact) mass is 583 g/mol. The van der Waals surface area contributed by atoms with Gasteiger partial charge in [0.1, 0.15) is 28.6 Å². The number of rotatable bonds is 9. The van der Waals surface area contributed by atoms with Crippen LogP contribution in [-0.2, 0) is 24.0 Å². The molecule has 4 heterocycles. The minimum Gasteiger partial charge on any atom is -0.479 e. The number of carboxylic acid groups (broad SMARTS) is 2. The molecule has 1 aromatic rings. The zero-order chi connectivity index (χ0) is 27.6. The number of carboxylic acids is 2. The number of nitrogens with one attached hydrogen (secondary N) is 1. The van der Waals surface area contributed by atoms with Crippen LogP contribution in [0.5, 0.6) is 0 Å². The zero-order valence-electron chi connectivity index (χ0n) is 19.3. The second-order valence-electron chi connectivity index (χ2n) is 7.76. The predicted octanol–water partition coefficient (Wildman–Crippen LogP) is -1.65. The molecule has 9 N–H and O–H groups in total. The molecule has 3 aliphatic rings. The Bertz CT molecular complexity index is 1310. The first-order valence-electron chi connectivity index (χ1n) is 10.6. The van der Waals surface area contributed by atoms with Crippen molar-refractivity contribution in [3.05, 3.63) is 34.2 Å². The number of thiazole rings is 1. The summed E-state index contributed by atoms with van der Waals surface area (Å²) in [6.45, 7) is -0.457. The minimum absolute atomic E-state index is 0.0239. The number of fused-ring (bicyclic) bond motifs is 1. The standard InChI is InChI=1S/C19H21N9O7S3/c20-9-1-2-27(22)19(24-9)38-5-7-4-36-16-12(15(32)28(16)13(7)17(33)34)25-14(31)11(26-35-3-10(29)30)8-6-37-18(21)23-8/h1,6,12,16H,2-5,20,22H2,(H2,21,23)(H,25,31)(H,29,30)(H,33,34)/b26-11-/t12?,16-/m0/s1. The van der Waals surface area contributed by atoms with Crippen molar-refractivity contribution in [1.82, 2.24) is 20.2 Å². The van der Waals surface area contributed by atoms with Gasteiger partial charge in [-0.3, -0.25) is 19.5 Å². The lowest BCUT2D eigenvalue weighted by Crippen LogP contribution is -2.71. The number of amides is 2. The van der Waals surface area contributed by atoms with Crippen molar-refractivity contribution in [3.63, 3.8) is 0 Å². The average molecular weight is 584 g/mol. The highest BCUT2D eigenvalue weighted by Crippen LogP contribution is 2.41. The molecule has 1 fully saturated rings. The van der Waals surface area contributed by atoms with Crippen molar-refractivity contribution in [3.8, 4) is 0 Å². The molecule has 0 radical (unpaired) electrons. The second-order valence-corrected chi connectivity index (χ2v) is 10.7. The number of oxime groups is 1. The van der Waals surface area contributed by atoms with Crippen LogP contribution in [-0.4, -0.2) is 95.8 Å². The number of aromatic nitrogens is 1. The van der Waals surface area contributed by atoms with E-state index in [-0.39, 0.29) is 33.7 Å². The molecule has 1 aromatic heterocycles. The van der Waals surface area contributed by atoms with E-state index in [0.717, 1.165) is 16.2 Å². The summed E-state index contributed by atoms with van der Waals surface area (Å²) < 4.78 is 0. The number of nitrogens with two attached hydrogens (primary N) is 3. The summed E-state index contributed by atoms with van der Waals surface area (Å²) in [6, 6.07) is -1.07. The van der Waals surface area contributed by atoms with Crippen LogP contribution in [0, 0.1) is 0 Å². The molecule has 202 valence electrons. The van der Waals surface area contributed by atoms with Crippen molar-refractivity contribution < 1.29 is 34.2 Å². The first-order valence-corrected chi connectivity index (χ1v) is 13.5. The third kappa shape index (κ3) is 5.69. The molecule has 0 aromatic carbocycles. The second kappa shape index (κ2) is 11.3. The number of hydrogen-bond donors (Lipinski definition) is 6. The number of hydrazine groups is 1. The van der Waals surface area contributed by atoms with Crippen molar-refractivity contribution in [1.29, 1.82) is 0 Å². The van der Waals surface area contributed by atoms with Gasteiger partial charge in [0.2, 0.25) is 6.61 Å². The molecule has 0 saturated carbocycles. The van der Waals surface area contributed by atoms with Crippen LogP contribution in [0.15, 0.2) is 38.7 Å². The van der Waals surface area contributed by atoms with Gasteiger partial charge in [-0.05, 0) is 11.6 Å². The lowest BCUT2D eigenvalue weighted by molar-refractivity contribution is -0.150. The highest BCUT2D eigenvalue weighted by molar-refractivity contribution is 8.14. The number of anilines is 1. The predicted molar refractivity (Wildman–Crippen MR) is 139 cm³/mol. The quantitative estimate of drug-likeness (QED) is 0.0824. The molecule has 1 saturated heterocycles. The first-order chi connectivity index (χ1) is 18.1. The lowest BCUT2D eigenvalue weighted by Gasteiger charge is -2.49. The number of aliphatic imine (C=N–C) groups is 1. The van der Waals surface area contributed by atoms with Crippen LogP contribution >= 0.6 is 34.9 Å². The van der Waals surface area contributed by atoms with Gasteiger partial charge in [0.15, 0.2) is 16.0 Å². The van der Waals surface area contributed by atoms with Crippen LogP contribution in [0.1, 0.15) is 5.69 Å². The Morgan fingerprint density at radius 3 is 2.74 bits per heavy atom. The van der Waals surface area contributed by atoms with Crippen molar-refractivity contribution in [2.45, 2.75) is 11.4 Å². The third-order valence-corrected chi connectivity index (χ3v) is 8.29. The van der Waals surface area contributed by atoms with E-state index in [1.54, 1.807) is 6.08 Å². The summed E-state index contributed by atoms with van der Waals surface area (Å²) in [6.07, 6.45) is 1.64. The van der Waals surface area contributed by atoms with Crippen molar-refractivity contribution >= 4 is 74.6 Å². The maximum Gasteiger partial charge on any atom is 0.352 e. The van der Waals surface area contributed by atoms with Crippen LogP contribution in [0.25, 0.3) is 0 Å². The Balaban J connectivity index is 1.48. The fraction of sp³-hybridized carbons (Fsp3) is 0.316. The molecule has 0 spiro atoms. The SMILES string of the molecule is NC1=CCN(N)C(SCC2=C(C(=O)O)N3C(=O)C(NC(=O)/C(=N\OCC(=O)O)c4csc(N)n4)[C@@H]3SC2)=N1.